The van der Waals surface area contributed by atoms with Crippen molar-refractivity contribution in [2.24, 2.45) is 5.11 Å². The second-order valence-corrected chi connectivity index (χ2v) is 3.77. The number of hydrogen-bond acceptors (Lipinski definition) is 3. The molecule has 0 N–H and O–H groups in total. The average Bonchev–Trinajstić information content (AvgIpc) is 2.42. The van der Waals surface area contributed by atoms with Crippen LogP contribution in [0.5, 0.6) is 0 Å². The fourth-order valence-electron chi connectivity index (χ4n) is 1.63. The Balaban J connectivity index is 3.40. The number of aryl methyl sites for hydroxylation is 1. The van der Waals surface area contributed by atoms with Gasteiger partial charge in [-0.1, -0.05) is 34.8 Å². The molecule has 1 rings (SSSR count). The molecule has 19 heavy (non-hydrogen) atoms. The summed E-state index contributed by atoms with van der Waals surface area (Å²) in [6.07, 6.45) is 6.58. The number of rotatable bonds is 4. The number of methoxy groups -OCH3 is 1. The average molecular weight is 255 g/mol. The van der Waals surface area contributed by atoms with Gasteiger partial charge < -0.3 is 4.74 Å². The number of terminal acetylenes is 1. The number of ether oxygens (including phenoxy) is 1. The Morgan fingerprint density at radius 3 is 2.95 bits per heavy atom. The van der Waals surface area contributed by atoms with E-state index in [0.29, 0.717) is 5.56 Å². The third-order valence-electron chi connectivity index (χ3n) is 2.49. The van der Waals surface area contributed by atoms with Gasteiger partial charge in [-0.25, -0.2) is 4.79 Å². The Hall–Kier alpha value is -2.70. The van der Waals surface area contributed by atoms with Crippen molar-refractivity contribution in [2.75, 3.05) is 7.11 Å². The lowest BCUT2D eigenvalue weighted by molar-refractivity contribution is -0.133. The van der Waals surface area contributed by atoms with Crippen molar-refractivity contribution >= 4 is 11.5 Å². The topological polar surface area (TPSA) is 75.1 Å². The number of hydrogen-bond donors (Lipinski definition) is 0. The summed E-state index contributed by atoms with van der Waals surface area (Å²) in [7, 11) is 1.29. The van der Waals surface area contributed by atoms with Gasteiger partial charge >= 0.3 is 5.97 Å². The molecule has 5 heteroatoms. The molecule has 0 bridgehead atoms. The molecule has 0 saturated carbocycles. The first-order valence-corrected chi connectivity index (χ1v) is 5.49. The number of nitrogens with zero attached hydrogens (tertiary/aromatic N) is 3. The molecule has 0 fully saturated rings. The molecule has 0 unspecified atom stereocenters. The van der Waals surface area contributed by atoms with Crippen LogP contribution in [0.25, 0.3) is 16.0 Å². The first-order valence-electron chi connectivity index (χ1n) is 5.49. The Morgan fingerprint density at radius 2 is 2.37 bits per heavy atom. The summed E-state index contributed by atoms with van der Waals surface area (Å²) < 4.78 is 4.71. The van der Waals surface area contributed by atoms with Crippen LogP contribution in [0.4, 0.5) is 0 Å². The summed E-state index contributed by atoms with van der Waals surface area (Å²) in [5, 5.41) is 3.51. The minimum atomic E-state index is -0.522. The molecule has 1 aromatic rings. The lowest BCUT2D eigenvalue weighted by Gasteiger charge is -2.10. The SMILES string of the molecule is C#C/C=C(\C(=O)OC)c1cc(C)ccc1CN=[N+]=[N-]. The second-order valence-electron chi connectivity index (χ2n) is 3.77. The summed E-state index contributed by atoms with van der Waals surface area (Å²) in [6.45, 7) is 2.04. The Bertz CT molecular complexity index is 606. The van der Waals surface area contributed by atoms with E-state index in [9.17, 15) is 4.79 Å². The van der Waals surface area contributed by atoms with Crippen LogP contribution in [-0.4, -0.2) is 13.1 Å². The van der Waals surface area contributed by atoms with Crippen molar-refractivity contribution in [3.63, 3.8) is 0 Å². The molecule has 0 aliphatic heterocycles. The van der Waals surface area contributed by atoms with Crippen molar-refractivity contribution in [1.29, 1.82) is 0 Å². The number of benzene rings is 1. The normalized spacial score (nSPS) is 10.3. The van der Waals surface area contributed by atoms with Crippen molar-refractivity contribution in [3.8, 4) is 12.3 Å². The van der Waals surface area contributed by atoms with Crippen LogP contribution in [0.3, 0.4) is 0 Å². The van der Waals surface area contributed by atoms with E-state index in [1.165, 1.54) is 13.2 Å². The van der Waals surface area contributed by atoms with Crippen LogP contribution in [-0.2, 0) is 16.1 Å². The minimum Gasteiger partial charge on any atom is -0.465 e. The van der Waals surface area contributed by atoms with E-state index < -0.39 is 5.97 Å². The highest BCUT2D eigenvalue weighted by molar-refractivity contribution is 6.17. The predicted octanol–water partition coefficient (Wildman–Crippen LogP) is 2.99. The van der Waals surface area contributed by atoms with Crippen molar-refractivity contribution in [1.82, 2.24) is 0 Å². The summed E-state index contributed by atoms with van der Waals surface area (Å²) >= 11 is 0. The smallest absolute Gasteiger partial charge is 0.339 e. The van der Waals surface area contributed by atoms with Crippen molar-refractivity contribution in [3.05, 3.63) is 51.4 Å². The molecule has 0 amide bonds. The molecule has 0 spiro atoms. The van der Waals surface area contributed by atoms with E-state index in [2.05, 4.69) is 15.9 Å². The Morgan fingerprint density at radius 1 is 1.63 bits per heavy atom. The molecule has 0 aliphatic carbocycles. The van der Waals surface area contributed by atoms with Gasteiger partial charge in [-0.05, 0) is 23.6 Å². The lowest BCUT2D eigenvalue weighted by atomic mass is 9.97. The van der Waals surface area contributed by atoms with Crippen molar-refractivity contribution < 1.29 is 9.53 Å². The van der Waals surface area contributed by atoms with Gasteiger partial charge in [0.05, 0.1) is 19.2 Å². The van der Waals surface area contributed by atoms with E-state index >= 15 is 0 Å². The van der Waals surface area contributed by atoms with Crippen LogP contribution >= 0.6 is 0 Å². The summed E-state index contributed by atoms with van der Waals surface area (Å²) in [6, 6.07) is 5.48. The summed E-state index contributed by atoms with van der Waals surface area (Å²) in [5.74, 6) is 1.80. The zero-order chi connectivity index (χ0) is 14.3. The largest absolute Gasteiger partial charge is 0.465 e. The lowest BCUT2D eigenvalue weighted by Crippen LogP contribution is -2.06. The molecule has 0 saturated heterocycles. The number of allylic oxidation sites excluding steroid dienone is 1. The quantitative estimate of drug-likeness (QED) is 0.207. The molecule has 0 aromatic heterocycles. The van der Waals surface area contributed by atoms with Gasteiger partial charge in [0, 0.05) is 11.0 Å². The van der Waals surface area contributed by atoms with Crippen LogP contribution < -0.4 is 0 Å². The molecule has 5 nitrogen and oxygen atoms in total. The third kappa shape index (κ3) is 3.63. The highest BCUT2D eigenvalue weighted by Crippen LogP contribution is 2.23. The third-order valence-corrected chi connectivity index (χ3v) is 2.49. The van der Waals surface area contributed by atoms with Gasteiger partial charge in [0.15, 0.2) is 0 Å². The van der Waals surface area contributed by atoms with Gasteiger partial charge in [-0.3, -0.25) is 0 Å². The van der Waals surface area contributed by atoms with Gasteiger partial charge in [-0.15, -0.1) is 6.42 Å². The maximum Gasteiger partial charge on any atom is 0.339 e. The zero-order valence-corrected chi connectivity index (χ0v) is 10.8. The van der Waals surface area contributed by atoms with Crippen LogP contribution in [0, 0.1) is 19.3 Å². The van der Waals surface area contributed by atoms with E-state index in [4.69, 9.17) is 16.7 Å². The predicted molar refractivity (Wildman–Crippen MR) is 72.9 cm³/mol. The zero-order valence-electron chi connectivity index (χ0n) is 10.8. The highest BCUT2D eigenvalue weighted by Gasteiger charge is 2.15. The minimum absolute atomic E-state index is 0.144. The van der Waals surface area contributed by atoms with Crippen LogP contribution in [0.15, 0.2) is 29.4 Å². The maximum atomic E-state index is 11.8. The molecule has 96 valence electrons. The molecule has 0 aliphatic rings. The highest BCUT2D eigenvalue weighted by atomic mass is 16.5. The van der Waals surface area contributed by atoms with Crippen molar-refractivity contribution in [2.45, 2.75) is 13.5 Å². The Labute approximate surface area is 111 Å². The van der Waals surface area contributed by atoms with Gasteiger partial charge in [0.2, 0.25) is 0 Å². The molecule has 0 heterocycles. The molecular weight excluding hydrogens is 242 g/mol. The number of esters is 1. The number of carbonyl (C=O) groups is 1. The van der Waals surface area contributed by atoms with Gasteiger partial charge in [-0.2, -0.15) is 0 Å². The van der Waals surface area contributed by atoms with E-state index in [1.54, 1.807) is 6.07 Å². The van der Waals surface area contributed by atoms with E-state index in [-0.39, 0.29) is 12.1 Å². The van der Waals surface area contributed by atoms with E-state index in [0.717, 1.165) is 11.1 Å². The fourth-order valence-corrected chi connectivity index (χ4v) is 1.63. The van der Waals surface area contributed by atoms with E-state index in [1.807, 2.05) is 19.1 Å². The first-order chi connectivity index (χ1) is 9.13. The fraction of sp³-hybridized carbons (Fsp3) is 0.214. The molecule has 1 aromatic carbocycles. The van der Waals surface area contributed by atoms with Gasteiger partial charge in [0.1, 0.15) is 0 Å². The summed E-state index contributed by atoms with van der Waals surface area (Å²) in [5.41, 5.74) is 11.0. The molecule has 0 atom stereocenters. The number of azide groups is 1. The summed E-state index contributed by atoms with van der Waals surface area (Å²) in [4.78, 5) is 14.5. The molecular formula is C14H13N3O2. The first kappa shape index (κ1) is 14.4. The Kier molecular flexibility index (Phi) is 5.21. The second kappa shape index (κ2) is 6.90. The standard InChI is InChI=1S/C14H13N3O2/c1-4-5-12(14(18)19-3)13-8-10(2)6-7-11(13)9-16-17-15/h1,5-8H,9H2,2-3H3/b12-5-. The number of carbonyl (C=O) groups excluding carboxylic acids is 1. The maximum absolute atomic E-state index is 11.8. The monoisotopic (exact) mass is 255 g/mol. The van der Waals surface area contributed by atoms with Gasteiger partial charge in [0.25, 0.3) is 0 Å². The van der Waals surface area contributed by atoms with Crippen LogP contribution in [0.2, 0.25) is 0 Å². The molecule has 0 radical (unpaired) electrons. The van der Waals surface area contributed by atoms with Crippen LogP contribution in [0.1, 0.15) is 16.7 Å².